The molecule has 0 atom stereocenters. The SMILES string of the molecule is Cc1ncc(Cl)c(C=O)c1N. The second-order valence-corrected chi connectivity index (χ2v) is 2.54. The van der Waals surface area contributed by atoms with Crippen LogP contribution in [0, 0.1) is 6.92 Å². The number of aldehydes is 1. The van der Waals surface area contributed by atoms with E-state index in [2.05, 4.69) is 4.98 Å². The Labute approximate surface area is 69.2 Å². The molecule has 1 aromatic rings. The third-order valence-corrected chi connectivity index (χ3v) is 1.73. The number of hydrogen-bond acceptors (Lipinski definition) is 3. The van der Waals surface area contributed by atoms with Crippen molar-refractivity contribution in [3.8, 4) is 0 Å². The van der Waals surface area contributed by atoms with Gasteiger partial charge in [-0.3, -0.25) is 9.78 Å². The minimum atomic E-state index is 0.295. The number of nitrogens with zero attached hydrogens (tertiary/aromatic N) is 1. The largest absolute Gasteiger partial charge is 0.397 e. The first-order valence-electron chi connectivity index (χ1n) is 3.02. The molecular formula is C7H7ClN2O. The fourth-order valence-electron chi connectivity index (χ4n) is 0.736. The highest BCUT2D eigenvalue weighted by molar-refractivity contribution is 6.33. The fraction of sp³-hybridized carbons (Fsp3) is 0.143. The lowest BCUT2D eigenvalue weighted by Gasteiger charge is -2.02. The van der Waals surface area contributed by atoms with E-state index in [1.807, 2.05) is 0 Å². The van der Waals surface area contributed by atoms with Gasteiger partial charge >= 0.3 is 0 Å². The number of rotatable bonds is 1. The number of carbonyl (C=O) groups is 1. The molecule has 0 saturated heterocycles. The number of nitrogens with two attached hydrogens (primary N) is 1. The molecule has 1 heterocycles. The van der Waals surface area contributed by atoms with Gasteiger partial charge < -0.3 is 5.73 Å². The zero-order chi connectivity index (χ0) is 8.43. The van der Waals surface area contributed by atoms with Crippen LogP contribution in [0.3, 0.4) is 0 Å². The molecule has 58 valence electrons. The van der Waals surface area contributed by atoms with Crippen molar-refractivity contribution in [1.82, 2.24) is 4.98 Å². The standard InChI is InChI=1S/C7H7ClN2O/c1-4-7(9)5(3-11)6(8)2-10-4/h2-3H,9H2,1H3. The van der Waals surface area contributed by atoms with Gasteiger partial charge in [-0.25, -0.2) is 0 Å². The van der Waals surface area contributed by atoms with E-state index in [1.54, 1.807) is 6.92 Å². The van der Waals surface area contributed by atoms with Gasteiger partial charge in [0.15, 0.2) is 6.29 Å². The normalized spacial score (nSPS) is 9.64. The van der Waals surface area contributed by atoms with Gasteiger partial charge in [0, 0.05) is 6.20 Å². The van der Waals surface area contributed by atoms with Gasteiger partial charge in [0.1, 0.15) is 0 Å². The number of halogens is 1. The van der Waals surface area contributed by atoms with Crippen molar-refractivity contribution in [2.24, 2.45) is 0 Å². The number of hydrogen-bond donors (Lipinski definition) is 1. The first kappa shape index (κ1) is 8.01. The van der Waals surface area contributed by atoms with Gasteiger partial charge in [-0.2, -0.15) is 0 Å². The van der Waals surface area contributed by atoms with Gasteiger partial charge in [0.25, 0.3) is 0 Å². The summed E-state index contributed by atoms with van der Waals surface area (Å²) < 4.78 is 0. The highest BCUT2D eigenvalue weighted by atomic mass is 35.5. The molecule has 0 amide bonds. The Hall–Kier alpha value is -1.09. The minimum absolute atomic E-state index is 0.295. The molecule has 2 N–H and O–H groups in total. The van der Waals surface area contributed by atoms with Crippen LogP contribution in [-0.4, -0.2) is 11.3 Å². The Morgan fingerprint density at radius 1 is 1.73 bits per heavy atom. The third-order valence-electron chi connectivity index (χ3n) is 1.43. The van der Waals surface area contributed by atoms with E-state index >= 15 is 0 Å². The molecule has 0 spiro atoms. The first-order chi connectivity index (χ1) is 5.16. The number of aromatic nitrogens is 1. The average Bonchev–Trinajstić information content (AvgIpc) is 1.99. The molecule has 1 rings (SSSR count). The van der Waals surface area contributed by atoms with Crippen LogP contribution in [0.15, 0.2) is 6.20 Å². The summed E-state index contributed by atoms with van der Waals surface area (Å²) in [4.78, 5) is 14.3. The zero-order valence-corrected chi connectivity index (χ0v) is 6.72. The predicted molar refractivity (Wildman–Crippen MR) is 43.8 cm³/mol. The molecule has 0 radical (unpaired) electrons. The molecule has 0 aliphatic rings. The van der Waals surface area contributed by atoms with Crippen LogP contribution >= 0.6 is 11.6 Å². The van der Waals surface area contributed by atoms with Crippen molar-refractivity contribution in [3.63, 3.8) is 0 Å². The van der Waals surface area contributed by atoms with E-state index in [-0.39, 0.29) is 0 Å². The third kappa shape index (κ3) is 1.33. The van der Waals surface area contributed by atoms with E-state index in [4.69, 9.17) is 17.3 Å². The van der Waals surface area contributed by atoms with Gasteiger partial charge in [0.2, 0.25) is 0 Å². The summed E-state index contributed by atoms with van der Waals surface area (Å²) in [5, 5.41) is 0.295. The molecule has 3 nitrogen and oxygen atoms in total. The van der Waals surface area contributed by atoms with Gasteiger partial charge in [-0.1, -0.05) is 11.6 Å². The van der Waals surface area contributed by atoms with Gasteiger partial charge in [-0.15, -0.1) is 0 Å². The van der Waals surface area contributed by atoms with Crippen molar-refractivity contribution in [3.05, 3.63) is 22.5 Å². The summed E-state index contributed by atoms with van der Waals surface area (Å²) >= 11 is 5.63. The highest BCUT2D eigenvalue weighted by Gasteiger charge is 2.06. The molecule has 0 aromatic carbocycles. The van der Waals surface area contributed by atoms with Crippen molar-refractivity contribution in [1.29, 1.82) is 0 Å². The number of pyridine rings is 1. The monoisotopic (exact) mass is 170 g/mol. The molecule has 0 unspecified atom stereocenters. The smallest absolute Gasteiger partial charge is 0.153 e. The van der Waals surface area contributed by atoms with Crippen molar-refractivity contribution in [2.75, 3.05) is 5.73 Å². The summed E-state index contributed by atoms with van der Waals surface area (Å²) in [5.74, 6) is 0. The molecule has 11 heavy (non-hydrogen) atoms. The summed E-state index contributed by atoms with van der Waals surface area (Å²) in [5.41, 5.74) is 6.81. The topological polar surface area (TPSA) is 56.0 Å². The van der Waals surface area contributed by atoms with Crippen LogP contribution in [0.4, 0.5) is 5.69 Å². The quantitative estimate of drug-likeness (QED) is 0.649. The van der Waals surface area contributed by atoms with Gasteiger partial charge in [0.05, 0.1) is 22.0 Å². The number of carbonyl (C=O) groups excluding carboxylic acids is 1. The maximum atomic E-state index is 10.4. The molecule has 4 heteroatoms. The maximum Gasteiger partial charge on any atom is 0.153 e. The van der Waals surface area contributed by atoms with E-state index in [0.29, 0.717) is 28.3 Å². The second kappa shape index (κ2) is 2.88. The van der Waals surface area contributed by atoms with Gasteiger partial charge in [-0.05, 0) is 6.92 Å². The Kier molecular flexibility index (Phi) is 2.10. The van der Waals surface area contributed by atoms with Crippen LogP contribution < -0.4 is 5.73 Å². The summed E-state index contributed by atoms with van der Waals surface area (Å²) in [6, 6.07) is 0. The molecule has 0 saturated carbocycles. The lowest BCUT2D eigenvalue weighted by molar-refractivity contribution is 0.112. The van der Waals surface area contributed by atoms with Crippen LogP contribution in [-0.2, 0) is 0 Å². The van der Waals surface area contributed by atoms with Crippen LogP contribution in [0.1, 0.15) is 16.1 Å². The van der Waals surface area contributed by atoms with Crippen LogP contribution in [0.25, 0.3) is 0 Å². The van der Waals surface area contributed by atoms with E-state index in [1.165, 1.54) is 6.20 Å². The van der Waals surface area contributed by atoms with Crippen molar-refractivity contribution in [2.45, 2.75) is 6.92 Å². The Morgan fingerprint density at radius 3 is 2.82 bits per heavy atom. The molecule has 0 fully saturated rings. The lowest BCUT2D eigenvalue weighted by Crippen LogP contribution is -1.99. The lowest BCUT2D eigenvalue weighted by atomic mass is 10.2. The second-order valence-electron chi connectivity index (χ2n) is 2.14. The van der Waals surface area contributed by atoms with Crippen molar-refractivity contribution >= 4 is 23.6 Å². The van der Waals surface area contributed by atoms with Crippen LogP contribution in [0.2, 0.25) is 5.02 Å². The fourth-order valence-corrected chi connectivity index (χ4v) is 0.931. The molecule has 1 aromatic heterocycles. The Bertz CT molecular complexity index is 299. The first-order valence-corrected chi connectivity index (χ1v) is 3.40. The van der Waals surface area contributed by atoms with Crippen molar-refractivity contribution < 1.29 is 4.79 Å². The van der Waals surface area contributed by atoms with E-state index < -0.39 is 0 Å². The summed E-state index contributed by atoms with van der Waals surface area (Å²) in [7, 11) is 0. The van der Waals surface area contributed by atoms with E-state index in [0.717, 1.165) is 0 Å². The zero-order valence-electron chi connectivity index (χ0n) is 5.97. The molecule has 0 aliphatic heterocycles. The minimum Gasteiger partial charge on any atom is -0.397 e. The average molecular weight is 171 g/mol. The summed E-state index contributed by atoms with van der Waals surface area (Å²) in [6.45, 7) is 1.72. The predicted octanol–water partition coefficient (Wildman–Crippen LogP) is 1.44. The number of anilines is 1. The van der Waals surface area contributed by atoms with Crippen LogP contribution in [0.5, 0.6) is 0 Å². The number of nitrogen functional groups attached to an aromatic ring is 1. The Morgan fingerprint density at radius 2 is 2.36 bits per heavy atom. The van der Waals surface area contributed by atoms with E-state index in [9.17, 15) is 4.79 Å². The number of aryl methyl sites for hydroxylation is 1. The molecule has 0 aliphatic carbocycles. The maximum absolute atomic E-state index is 10.4. The Balaban J connectivity index is 3.40. The molecular weight excluding hydrogens is 164 g/mol. The molecule has 0 bridgehead atoms. The highest BCUT2D eigenvalue weighted by Crippen LogP contribution is 2.20. The summed E-state index contributed by atoms with van der Waals surface area (Å²) in [6.07, 6.45) is 2.04.